The van der Waals surface area contributed by atoms with Crippen LogP contribution in [0.4, 0.5) is 0 Å². The number of hydrogen-bond donors (Lipinski definition) is 0. The molecule has 1 aromatic rings. The third kappa shape index (κ3) is 3.42. The molecular weight excluding hydrogens is 174 g/mol. The van der Waals surface area contributed by atoms with Crippen LogP contribution in [0, 0.1) is 11.8 Å². The highest BCUT2D eigenvalue weighted by Crippen LogP contribution is 2.00. The van der Waals surface area contributed by atoms with Gasteiger partial charge < -0.3 is 0 Å². The molecule has 0 fully saturated rings. The van der Waals surface area contributed by atoms with Gasteiger partial charge in [0.1, 0.15) is 6.29 Å². The molecule has 0 aliphatic rings. The lowest BCUT2D eigenvalue weighted by atomic mass is 10.1. The van der Waals surface area contributed by atoms with Crippen LogP contribution >= 0.6 is 0 Å². The zero-order chi connectivity index (χ0) is 10.4. The van der Waals surface area contributed by atoms with E-state index in [1.54, 1.807) is 12.1 Å². The summed E-state index contributed by atoms with van der Waals surface area (Å²) in [5.74, 6) is 6.05. The maximum Gasteiger partial charge on any atom is 0.150 e. The van der Waals surface area contributed by atoms with Crippen LogP contribution in [-0.2, 0) is 0 Å². The summed E-state index contributed by atoms with van der Waals surface area (Å²) in [6.07, 6.45) is 0.830. The topological polar surface area (TPSA) is 20.3 Å². The third-order valence-corrected chi connectivity index (χ3v) is 1.67. The molecule has 0 aliphatic heterocycles. The number of carbonyl (C=O) groups excluding carboxylic acids is 1. The molecule has 0 bridgehead atoms. The zero-order valence-corrected chi connectivity index (χ0v) is 8.45. The van der Waals surface area contributed by atoms with E-state index in [0.717, 1.165) is 18.4 Å². The number of benzene rings is 1. The Kier molecular flexibility index (Phi) is 3.90. The van der Waals surface area contributed by atoms with Crippen LogP contribution in [0.25, 0.3) is 0 Å². The van der Waals surface area contributed by atoms with E-state index in [2.05, 4.69) is 11.8 Å². The second-order valence-electron chi connectivity index (χ2n) is 3.28. The minimum absolute atomic E-state index is 0.683. The van der Waals surface area contributed by atoms with Crippen molar-refractivity contribution in [2.24, 2.45) is 0 Å². The molecule has 0 amide bonds. The van der Waals surface area contributed by atoms with Crippen molar-refractivity contribution in [2.45, 2.75) is 0 Å². The molecule has 0 unspecified atom stereocenters. The average Bonchev–Trinajstić information content (AvgIpc) is 2.18. The number of hydrogen-bond acceptors (Lipinski definition) is 2. The van der Waals surface area contributed by atoms with Gasteiger partial charge in [0.05, 0.1) is 6.54 Å². The number of rotatable bonds is 2. The average molecular weight is 187 g/mol. The normalized spacial score (nSPS) is 9.36. The van der Waals surface area contributed by atoms with Gasteiger partial charge in [-0.1, -0.05) is 24.0 Å². The minimum Gasteiger partial charge on any atom is -0.299 e. The summed E-state index contributed by atoms with van der Waals surface area (Å²) in [6, 6.07) is 7.25. The second kappa shape index (κ2) is 5.21. The summed E-state index contributed by atoms with van der Waals surface area (Å²) in [5.41, 5.74) is 1.63. The van der Waals surface area contributed by atoms with Gasteiger partial charge in [-0.15, -0.1) is 0 Å². The van der Waals surface area contributed by atoms with E-state index >= 15 is 0 Å². The number of nitrogens with zero attached hydrogens (tertiary/aromatic N) is 1. The number of carbonyl (C=O) groups is 1. The molecule has 0 atom stereocenters. The minimum atomic E-state index is 0.683. The summed E-state index contributed by atoms with van der Waals surface area (Å²) in [4.78, 5) is 12.4. The van der Waals surface area contributed by atoms with E-state index in [9.17, 15) is 4.79 Å². The fraction of sp³-hybridized carbons (Fsp3) is 0.250. The Morgan fingerprint density at radius 1 is 1.29 bits per heavy atom. The molecule has 72 valence electrons. The molecule has 0 heterocycles. The fourth-order valence-corrected chi connectivity index (χ4v) is 0.945. The van der Waals surface area contributed by atoms with E-state index in [0.29, 0.717) is 5.56 Å². The van der Waals surface area contributed by atoms with E-state index in [4.69, 9.17) is 0 Å². The molecule has 0 saturated carbocycles. The molecule has 1 aromatic carbocycles. The van der Waals surface area contributed by atoms with Crippen molar-refractivity contribution in [3.63, 3.8) is 0 Å². The highest BCUT2D eigenvalue weighted by atomic mass is 16.1. The van der Waals surface area contributed by atoms with Crippen LogP contribution in [0.15, 0.2) is 24.3 Å². The second-order valence-corrected chi connectivity index (χ2v) is 3.28. The lowest BCUT2D eigenvalue weighted by molar-refractivity contribution is 0.112. The van der Waals surface area contributed by atoms with Crippen LogP contribution in [-0.4, -0.2) is 31.8 Å². The SMILES string of the molecule is CN(C)CC#Cc1ccc(C=O)cc1. The van der Waals surface area contributed by atoms with Crippen molar-refractivity contribution in [2.75, 3.05) is 20.6 Å². The maximum absolute atomic E-state index is 10.4. The Hall–Kier alpha value is -1.59. The molecule has 0 saturated heterocycles. The molecule has 0 spiro atoms. The van der Waals surface area contributed by atoms with E-state index in [1.807, 2.05) is 31.1 Å². The van der Waals surface area contributed by atoms with Crippen molar-refractivity contribution in [3.05, 3.63) is 35.4 Å². The molecule has 2 heteroatoms. The van der Waals surface area contributed by atoms with Gasteiger partial charge >= 0.3 is 0 Å². The van der Waals surface area contributed by atoms with Gasteiger partial charge in [0.15, 0.2) is 0 Å². The Labute approximate surface area is 84.5 Å². The van der Waals surface area contributed by atoms with Gasteiger partial charge in [-0.3, -0.25) is 9.69 Å². The first-order valence-corrected chi connectivity index (χ1v) is 4.41. The van der Waals surface area contributed by atoms with Gasteiger partial charge in [-0.2, -0.15) is 0 Å². The predicted octanol–water partition coefficient (Wildman–Crippen LogP) is 1.41. The van der Waals surface area contributed by atoms with E-state index < -0.39 is 0 Å². The van der Waals surface area contributed by atoms with Crippen LogP contribution in [0.1, 0.15) is 15.9 Å². The van der Waals surface area contributed by atoms with Gasteiger partial charge in [0.2, 0.25) is 0 Å². The standard InChI is InChI=1S/C12H13NO/c1-13(2)9-3-4-11-5-7-12(10-14)8-6-11/h5-8,10H,9H2,1-2H3. The predicted molar refractivity (Wildman–Crippen MR) is 57.3 cm³/mol. The van der Waals surface area contributed by atoms with Crippen molar-refractivity contribution in [3.8, 4) is 11.8 Å². The van der Waals surface area contributed by atoms with Gasteiger partial charge in [-0.25, -0.2) is 0 Å². The first-order valence-electron chi connectivity index (χ1n) is 4.41. The summed E-state index contributed by atoms with van der Waals surface area (Å²) >= 11 is 0. The van der Waals surface area contributed by atoms with Crippen LogP contribution < -0.4 is 0 Å². The molecule has 0 aliphatic carbocycles. The Bertz CT molecular complexity index is 354. The van der Waals surface area contributed by atoms with Crippen LogP contribution in [0.5, 0.6) is 0 Å². The van der Waals surface area contributed by atoms with Gasteiger partial charge in [0, 0.05) is 11.1 Å². The molecule has 0 N–H and O–H groups in total. The van der Waals surface area contributed by atoms with Gasteiger partial charge in [0.25, 0.3) is 0 Å². The molecule has 0 aromatic heterocycles. The maximum atomic E-state index is 10.4. The lowest BCUT2D eigenvalue weighted by Crippen LogP contribution is -2.10. The summed E-state index contributed by atoms with van der Waals surface area (Å²) in [5, 5.41) is 0. The van der Waals surface area contributed by atoms with E-state index in [1.165, 1.54) is 0 Å². The summed E-state index contributed by atoms with van der Waals surface area (Å²) in [6.45, 7) is 0.745. The van der Waals surface area contributed by atoms with Gasteiger partial charge in [-0.05, 0) is 26.2 Å². The molecular formula is C12H13NO. The largest absolute Gasteiger partial charge is 0.299 e. The quantitative estimate of drug-likeness (QED) is 0.515. The summed E-state index contributed by atoms with van der Waals surface area (Å²) < 4.78 is 0. The Morgan fingerprint density at radius 2 is 1.93 bits per heavy atom. The first kappa shape index (κ1) is 10.5. The smallest absolute Gasteiger partial charge is 0.150 e. The summed E-state index contributed by atoms with van der Waals surface area (Å²) in [7, 11) is 3.95. The highest BCUT2D eigenvalue weighted by Gasteiger charge is 1.89. The van der Waals surface area contributed by atoms with Crippen molar-refractivity contribution >= 4 is 6.29 Å². The molecule has 0 radical (unpaired) electrons. The molecule has 14 heavy (non-hydrogen) atoms. The lowest BCUT2D eigenvalue weighted by Gasteiger charge is -2.00. The number of aldehydes is 1. The van der Waals surface area contributed by atoms with Crippen molar-refractivity contribution in [1.82, 2.24) is 4.90 Å². The van der Waals surface area contributed by atoms with Crippen LogP contribution in [0.2, 0.25) is 0 Å². The van der Waals surface area contributed by atoms with E-state index in [-0.39, 0.29) is 0 Å². The molecule has 1 rings (SSSR count). The highest BCUT2D eigenvalue weighted by molar-refractivity contribution is 5.74. The fourth-order valence-electron chi connectivity index (χ4n) is 0.945. The van der Waals surface area contributed by atoms with Crippen LogP contribution in [0.3, 0.4) is 0 Å². The third-order valence-electron chi connectivity index (χ3n) is 1.67. The van der Waals surface area contributed by atoms with Crippen molar-refractivity contribution in [1.29, 1.82) is 0 Å². The molecule has 2 nitrogen and oxygen atoms in total. The Balaban J connectivity index is 2.66. The Morgan fingerprint density at radius 3 is 2.43 bits per heavy atom. The first-order chi connectivity index (χ1) is 6.72. The van der Waals surface area contributed by atoms with Crippen molar-refractivity contribution < 1.29 is 4.79 Å². The monoisotopic (exact) mass is 187 g/mol. The zero-order valence-electron chi connectivity index (χ0n) is 8.45.